The molecule has 1 aliphatic rings. The van der Waals surface area contributed by atoms with Gasteiger partial charge in [-0.3, -0.25) is 9.59 Å². The Morgan fingerprint density at radius 2 is 2.19 bits per heavy atom. The van der Waals surface area contributed by atoms with E-state index < -0.39 is 0 Å². The Morgan fingerprint density at radius 3 is 2.86 bits per heavy atom. The number of rotatable bonds is 4. The summed E-state index contributed by atoms with van der Waals surface area (Å²) in [6.45, 7) is 7.86. The fourth-order valence-electron chi connectivity index (χ4n) is 2.34. The summed E-state index contributed by atoms with van der Waals surface area (Å²) in [6.07, 6.45) is 1.19. The molecule has 1 aliphatic heterocycles. The third-order valence-electron chi connectivity index (χ3n) is 3.74. The molecule has 0 saturated carbocycles. The van der Waals surface area contributed by atoms with Gasteiger partial charge in [0.1, 0.15) is 12.4 Å². The van der Waals surface area contributed by atoms with Gasteiger partial charge in [0.25, 0.3) is 0 Å². The zero-order valence-electron chi connectivity index (χ0n) is 12.6. The van der Waals surface area contributed by atoms with Crippen LogP contribution >= 0.6 is 0 Å². The van der Waals surface area contributed by atoms with Crippen molar-refractivity contribution in [3.63, 3.8) is 0 Å². The Balaban J connectivity index is 2.04. The molecule has 1 aromatic carbocycles. The lowest BCUT2D eigenvalue weighted by Gasteiger charge is -2.17. The van der Waals surface area contributed by atoms with Gasteiger partial charge in [-0.05, 0) is 31.1 Å². The number of aryl methyl sites for hydroxylation is 1. The second-order valence-electron chi connectivity index (χ2n) is 5.26. The molecule has 1 N–H and O–H groups in total. The van der Waals surface area contributed by atoms with E-state index in [1.54, 1.807) is 7.05 Å². The number of carbonyl (C=O) groups is 2. The SMILES string of the molecule is C=CC(=O)N(C)CC(=O)NC1COc2c1ccc(C)c2C. The molecular weight excluding hydrogens is 268 g/mol. The average Bonchev–Trinajstić information content (AvgIpc) is 2.85. The van der Waals surface area contributed by atoms with Crippen molar-refractivity contribution in [3.8, 4) is 5.75 Å². The van der Waals surface area contributed by atoms with Crippen LogP contribution in [0.25, 0.3) is 0 Å². The largest absolute Gasteiger partial charge is 0.490 e. The van der Waals surface area contributed by atoms with E-state index in [1.165, 1.54) is 11.0 Å². The van der Waals surface area contributed by atoms with E-state index in [0.717, 1.165) is 22.4 Å². The molecule has 112 valence electrons. The van der Waals surface area contributed by atoms with Crippen LogP contribution in [0.1, 0.15) is 22.7 Å². The van der Waals surface area contributed by atoms with Crippen molar-refractivity contribution in [1.82, 2.24) is 10.2 Å². The molecule has 2 rings (SSSR count). The number of hydrogen-bond acceptors (Lipinski definition) is 3. The molecule has 0 aromatic heterocycles. The molecule has 0 bridgehead atoms. The molecule has 21 heavy (non-hydrogen) atoms. The highest BCUT2D eigenvalue weighted by molar-refractivity contribution is 5.90. The molecule has 0 spiro atoms. The van der Waals surface area contributed by atoms with Gasteiger partial charge in [-0.15, -0.1) is 0 Å². The van der Waals surface area contributed by atoms with Gasteiger partial charge in [0.15, 0.2) is 0 Å². The van der Waals surface area contributed by atoms with E-state index in [2.05, 4.69) is 11.9 Å². The van der Waals surface area contributed by atoms with Crippen LogP contribution in [0.4, 0.5) is 0 Å². The van der Waals surface area contributed by atoms with E-state index in [4.69, 9.17) is 4.74 Å². The minimum absolute atomic E-state index is 0.00152. The molecular formula is C16H20N2O3. The van der Waals surface area contributed by atoms with Gasteiger partial charge in [-0.25, -0.2) is 0 Å². The highest BCUT2D eigenvalue weighted by atomic mass is 16.5. The molecule has 1 atom stereocenters. The van der Waals surface area contributed by atoms with Crippen molar-refractivity contribution in [2.45, 2.75) is 19.9 Å². The summed E-state index contributed by atoms with van der Waals surface area (Å²) in [5, 5.41) is 2.90. The molecule has 5 nitrogen and oxygen atoms in total. The summed E-state index contributed by atoms with van der Waals surface area (Å²) >= 11 is 0. The Kier molecular flexibility index (Phi) is 4.31. The van der Waals surface area contributed by atoms with Crippen LogP contribution in [-0.4, -0.2) is 36.9 Å². The van der Waals surface area contributed by atoms with Gasteiger partial charge >= 0.3 is 0 Å². The second-order valence-corrected chi connectivity index (χ2v) is 5.26. The molecule has 0 aliphatic carbocycles. The number of amides is 2. The van der Waals surface area contributed by atoms with Crippen LogP contribution in [0.2, 0.25) is 0 Å². The van der Waals surface area contributed by atoms with Crippen molar-refractivity contribution >= 4 is 11.8 Å². The first-order valence-corrected chi connectivity index (χ1v) is 6.83. The van der Waals surface area contributed by atoms with E-state index in [-0.39, 0.29) is 24.4 Å². The number of nitrogens with one attached hydrogen (secondary N) is 1. The van der Waals surface area contributed by atoms with Crippen molar-refractivity contribution in [2.24, 2.45) is 0 Å². The Morgan fingerprint density at radius 1 is 1.48 bits per heavy atom. The highest BCUT2D eigenvalue weighted by Gasteiger charge is 2.27. The maximum atomic E-state index is 12.0. The molecule has 1 unspecified atom stereocenters. The summed E-state index contributed by atoms with van der Waals surface area (Å²) in [6, 6.07) is 3.84. The van der Waals surface area contributed by atoms with Crippen molar-refractivity contribution in [2.75, 3.05) is 20.2 Å². The number of hydrogen-bond donors (Lipinski definition) is 1. The van der Waals surface area contributed by atoms with E-state index in [9.17, 15) is 9.59 Å². The first-order valence-electron chi connectivity index (χ1n) is 6.83. The van der Waals surface area contributed by atoms with Crippen molar-refractivity contribution in [3.05, 3.63) is 41.5 Å². The van der Waals surface area contributed by atoms with Gasteiger partial charge in [0, 0.05) is 12.6 Å². The minimum atomic E-state index is -0.278. The van der Waals surface area contributed by atoms with E-state index in [0.29, 0.717) is 6.61 Å². The number of fused-ring (bicyclic) bond motifs is 1. The number of ether oxygens (including phenoxy) is 1. The number of benzene rings is 1. The van der Waals surface area contributed by atoms with Gasteiger partial charge < -0.3 is 15.0 Å². The standard InChI is InChI=1S/C16H20N2O3/c1-5-15(20)18(4)8-14(19)17-13-9-21-16-11(3)10(2)6-7-12(13)16/h5-7,13H,1,8-9H2,2-4H3,(H,17,19). The van der Waals surface area contributed by atoms with Gasteiger partial charge in [-0.1, -0.05) is 18.7 Å². The van der Waals surface area contributed by atoms with Crippen LogP contribution in [0, 0.1) is 13.8 Å². The summed E-state index contributed by atoms with van der Waals surface area (Å²) < 4.78 is 5.69. The molecule has 0 radical (unpaired) electrons. The van der Waals surface area contributed by atoms with Crippen LogP contribution in [0.15, 0.2) is 24.8 Å². The van der Waals surface area contributed by atoms with Crippen LogP contribution in [0.5, 0.6) is 5.75 Å². The van der Waals surface area contributed by atoms with Gasteiger partial charge in [0.2, 0.25) is 11.8 Å². The summed E-state index contributed by atoms with van der Waals surface area (Å²) in [5.74, 6) is 0.364. The smallest absolute Gasteiger partial charge is 0.246 e. The van der Waals surface area contributed by atoms with Gasteiger partial charge in [0.05, 0.1) is 12.6 Å². The number of nitrogens with zero attached hydrogens (tertiary/aromatic N) is 1. The third-order valence-corrected chi connectivity index (χ3v) is 3.74. The quantitative estimate of drug-likeness (QED) is 0.854. The van der Waals surface area contributed by atoms with Crippen molar-refractivity contribution < 1.29 is 14.3 Å². The predicted molar refractivity (Wildman–Crippen MR) is 80.1 cm³/mol. The lowest BCUT2D eigenvalue weighted by atomic mass is 10.0. The van der Waals surface area contributed by atoms with Crippen LogP contribution in [-0.2, 0) is 9.59 Å². The monoisotopic (exact) mass is 288 g/mol. The molecule has 1 heterocycles. The summed E-state index contributed by atoms with van der Waals surface area (Å²) in [4.78, 5) is 24.7. The number of carbonyl (C=O) groups excluding carboxylic acids is 2. The summed E-state index contributed by atoms with van der Waals surface area (Å²) in [7, 11) is 1.57. The lowest BCUT2D eigenvalue weighted by molar-refractivity contribution is -0.131. The van der Waals surface area contributed by atoms with E-state index >= 15 is 0 Å². The van der Waals surface area contributed by atoms with Crippen LogP contribution in [0.3, 0.4) is 0 Å². The maximum Gasteiger partial charge on any atom is 0.246 e. The fraction of sp³-hybridized carbons (Fsp3) is 0.375. The van der Waals surface area contributed by atoms with Crippen molar-refractivity contribution in [1.29, 1.82) is 0 Å². The topological polar surface area (TPSA) is 58.6 Å². The molecule has 0 saturated heterocycles. The molecule has 0 fully saturated rings. The maximum absolute atomic E-state index is 12.0. The molecule has 2 amide bonds. The zero-order valence-corrected chi connectivity index (χ0v) is 12.6. The normalized spacial score (nSPS) is 15.9. The summed E-state index contributed by atoms with van der Waals surface area (Å²) in [5.41, 5.74) is 3.25. The predicted octanol–water partition coefficient (Wildman–Crippen LogP) is 1.50. The first-order chi connectivity index (χ1) is 9.93. The lowest BCUT2D eigenvalue weighted by Crippen LogP contribution is -2.39. The molecule has 1 aromatic rings. The number of likely N-dealkylation sites (N-methyl/N-ethyl adjacent to an activating group) is 1. The van der Waals surface area contributed by atoms with Gasteiger partial charge in [-0.2, -0.15) is 0 Å². The Bertz CT molecular complexity index is 595. The average molecular weight is 288 g/mol. The Hall–Kier alpha value is -2.30. The second kappa shape index (κ2) is 5.99. The first kappa shape index (κ1) is 15.1. The van der Waals surface area contributed by atoms with Crippen LogP contribution < -0.4 is 10.1 Å². The Labute approximate surface area is 124 Å². The minimum Gasteiger partial charge on any atom is -0.490 e. The third kappa shape index (κ3) is 3.07. The zero-order chi connectivity index (χ0) is 15.6. The fourth-order valence-corrected chi connectivity index (χ4v) is 2.34. The van der Waals surface area contributed by atoms with E-state index in [1.807, 2.05) is 26.0 Å². The highest BCUT2D eigenvalue weighted by Crippen LogP contribution is 2.36. The molecule has 5 heteroatoms.